The molecule has 2 aromatic heterocycles. The first-order valence-electron chi connectivity index (χ1n) is 5.66. The summed E-state index contributed by atoms with van der Waals surface area (Å²) in [6.07, 6.45) is 1.87. The number of aromatic nitrogens is 1. The molecule has 1 atom stereocenters. The average molecular weight is 327 g/mol. The lowest BCUT2D eigenvalue weighted by molar-refractivity contribution is 0.0932. The SMILES string of the molecule is Cc1ccc(C(C)NC(=O)c2cc(Br)cn2C)s1. The maximum Gasteiger partial charge on any atom is 0.268 e. The van der Waals surface area contributed by atoms with Gasteiger partial charge < -0.3 is 9.88 Å². The second-order valence-corrected chi connectivity index (χ2v) is 6.53. The molecular weight excluding hydrogens is 312 g/mol. The summed E-state index contributed by atoms with van der Waals surface area (Å²) >= 11 is 5.08. The molecule has 0 aliphatic heterocycles. The van der Waals surface area contributed by atoms with Gasteiger partial charge in [-0.3, -0.25) is 4.79 Å². The van der Waals surface area contributed by atoms with E-state index >= 15 is 0 Å². The molecule has 0 spiro atoms. The fourth-order valence-electron chi connectivity index (χ4n) is 1.78. The van der Waals surface area contributed by atoms with Gasteiger partial charge in [-0.1, -0.05) is 0 Å². The Kier molecular flexibility index (Phi) is 3.92. The van der Waals surface area contributed by atoms with Gasteiger partial charge in [0.25, 0.3) is 5.91 Å². The Hall–Kier alpha value is -1.07. The van der Waals surface area contributed by atoms with Gasteiger partial charge >= 0.3 is 0 Å². The summed E-state index contributed by atoms with van der Waals surface area (Å²) in [5, 5.41) is 3.01. The van der Waals surface area contributed by atoms with Gasteiger partial charge in [0, 0.05) is 27.5 Å². The minimum atomic E-state index is -0.0539. The van der Waals surface area contributed by atoms with Crippen LogP contribution in [0.15, 0.2) is 28.9 Å². The van der Waals surface area contributed by atoms with Gasteiger partial charge in [0.15, 0.2) is 0 Å². The molecule has 2 heterocycles. The summed E-state index contributed by atoms with van der Waals surface area (Å²) in [4.78, 5) is 14.6. The maximum absolute atomic E-state index is 12.1. The first-order chi connectivity index (χ1) is 8.47. The minimum Gasteiger partial charge on any atom is -0.345 e. The van der Waals surface area contributed by atoms with Crippen molar-refractivity contribution in [1.82, 2.24) is 9.88 Å². The molecule has 0 aromatic carbocycles. The van der Waals surface area contributed by atoms with Crippen molar-refractivity contribution in [2.45, 2.75) is 19.9 Å². The highest BCUT2D eigenvalue weighted by Crippen LogP contribution is 2.23. The third kappa shape index (κ3) is 2.84. The molecule has 18 heavy (non-hydrogen) atoms. The van der Waals surface area contributed by atoms with Gasteiger partial charge in [-0.25, -0.2) is 0 Å². The molecule has 0 saturated carbocycles. The molecule has 0 aliphatic carbocycles. The zero-order valence-electron chi connectivity index (χ0n) is 10.5. The number of hydrogen-bond acceptors (Lipinski definition) is 2. The van der Waals surface area contributed by atoms with E-state index in [1.807, 2.05) is 30.8 Å². The Morgan fingerprint density at radius 3 is 2.72 bits per heavy atom. The number of aryl methyl sites for hydroxylation is 2. The van der Waals surface area contributed by atoms with E-state index in [0.29, 0.717) is 5.69 Å². The number of halogens is 1. The first-order valence-corrected chi connectivity index (χ1v) is 7.27. The number of hydrogen-bond donors (Lipinski definition) is 1. The molecule has 96 valence electrons. The molecule has 1 N–H and O–H groups in total. The standard InChI is InChI=1S/C13H15BrN2OS/c1-8-4-5-12(18-8)9(2)15-13(17)11-6-10(14)7-16(11)3/h4-7,9H,1-3H3,(H,15,17). The van der Waals surface area contributed by atoms with Gasteiger partial charge in [-0.15, -0.1) is 11.3 Å². The molecule has 0 bridgehead atoms. The summed E-state index contributed by atoms with van der Waals surface area (Å²) in [6, 6.07) is 5.99. The van der Waals surface area contributed by atoms with Crippen molar-refractivity contribution >= 4 is 33.2 Å². The van der Waals surface area contributed by atoms with E-state index in [0.717, 1.165) is 4.47 Å². The quantitative estimate of drug-likeness (QED) is 0.917. The number of rotatable bonds is 3. The van der Waals surface area contributed by atoms with Crippen LogP contribution in [0.5, 0.6) is 0 Å². The third-order valence-corrected chi connectivity index (χ3v) is 4.36. The molecule has 1 unspecified atom stereocenters. The Balaban J connectivity index is 2.10. The van der Waals surface area contributed by atoms with Crippen molar-refractivity contribution in [2.75, 3.05) is 0 Å². The van der Waals surface area contributed by atoms with Gasteiger partial charge in [-0.05, 0) is 48.0 Å². The summed E-state index contributed by atoms with van der Waals surface area (Å²) in [5.74, 6) is -0.0539. The Morgan fingerprint density at radius 2 is 2.22 bits per heavy atom. The lowest BCUT2D eigenvalue weighted by atomic mass is 10.2. The maximum atomic E-state index is 12.1. The van der Waals surface area contributed by atoms with E-state index in [2.05, 4.69) is 40.3 Å². The van der Waals surface area contributed by atoms with Crippen LogP contribution in [0.4, 0.5) is 0 Å². The molecule has 2 rings (SSSR count). The highest BCUT2D eigenvalue weighted by molar-refractivity contribution is 9.10. The van der Waals surface area contributed by atoms with Crippen molar-refractivity contribution in [3.63, 3.8) is 0 Å². The van der Waals surface area contributed by atoms with E-state index < -0.39 is 0 Å². The Bertz CT molecular complexity index is 573. The summed E-state index contributed by atoms with van der Waals surface area (Å²) < 4.78 is 2.72. The van der Waals surface area contributed by atoms with Crippen LogP contribution >= 0.6 is 27.3 Å². The zero-order valence-corrected chi connectivity index (χ0v) is 12.9. The number of nitrogens with zero attached hydrogens (tertiary/aromatic N) is 1. The highest BCUT2D eigenvalue weighted by atomic mass is 79.9. The number of carbonyl (C=O) groups excluding carboxylic acids is 1. The van der Waals surface area contributed by atoms with Gasteiger partial charge in [0.2, 0.25) is 0 Å². The van der Waals surface area contributed by atoms with Crippen LogP contribution in [-0.4, -0.2) is 10.5 Å². The van der Waals surface area contributed by atoms with Crippen molar-refractivity contribution < 1.29 is 4.79 Å². The van der Waals surface area contributed by atoms with Crippen LogP contribution in [0.25, 0.3) is 0 Å². The van der Waals surface area contributed by atoms with Crippen molar-refractivity contribution in [3.8, 4) is 0 Å². The van der Waals surface area contributed by atoms with E-state index in [9.17, 15) is 4.79 Å². The van der Waals surface area contributed by atoms with Crippen LogP contribution in [0.2, 0.25) is 0 Å². The molecule has 5 heteroatoms. The molecule has 0 fully saturated rings. The smallest absolute Gasteiger partial charge is 0.268 e. The van der Waals surface area contributed by atoms with Gasteiger partial charge in [0.1, 0.15) is 5.69 Å². The van der Waals surface area contributed by atoms with Crippen molar-refractivity contribution in [3.05, 3.63) is 44.3 Å². The largest absolute Gasteiger partial charge is 0.345 e. The number of carbonyl (C=O) groups is 1. The minimum absolute atomic E-state index is 0.0323. The average Bonchev–Trinajstić information content (AvgIpc) is 2.84. The topological polar surface area (TPSA) is 34.0 Å². The second-order valence-electron chi connectivity index (χ2n) is 4.30. The Labute approximate surface area is 119 Å². The Morgan fingerprint density at radius 1 is 1.50 bits per heavy atom. The number of nitrogens with one attached hydrogen (secondary N) is 1. The van der Waals surface area contributed by atoms with Crippen LogP contribution in [0, 0.1) is 6.92 Å². The highest BCUT2D eigenvalue weighted by Gasteiger charge is 2.15. The molecule has 1 amide bonds. The lowest BCUT2D eigenvalue weighted by Gasteiger charge is -2.12. The van der Waals surface area contributed by atoms with E-state index in [1.165, 1.54) is 9.75 Å². The lowest BCUT2D eigenvalue weighted by Crippen LogP contribution is -2.27. The normalized spacial score (nSPS) is 12.4. The first kappa shape index (κ1) is 13.4. The van der Waals surface area contributed by atoms with Crippen LogP contribution in [0.1, 0.15) is 33.2 Å². The monoisotopic (exact) mass is 326 g/mol. The molecule has 0 radical (unpaired) electrons. The van der Waals surface area contributed by atoms with Crippen LogP contribution < -0.4 is 5.32 Å². The second kappa shape index (κ2) is 5.28. The summed E-state index contributed by atoms with van der Waals surface area (Å²) in [5.41, 5.74) is 0.655. The van der Waals surface area contributed by atoms with E-state index in [4.69, 9.17) is 0 Å². The molecule has 3 nitrogen and oxygen atoms in total. The van der Waals surface area contributed by atoms with E-state index in [1.54, 1.807) is 11.3 Å². The van der Waals surface area contributed by atoms with E-state index in [-0.39, 0.29) is 11.9 Å². The van der Waals surface area contributed by atoms with Gasteiger partial charge in [0.05, 0.1) is 6.04 Å². The van der Waals surface area contributed by atoms with Crippen LogP contribution in [0.3, 0.4) is 0 Å². The fraction of sp³-hybridized carbons (Fsp3) is 0.308. The third-order valence-electron chi connectivity index (χ3n) is 2.74. The summed E-state index contributed by atoms with van der Waals surface area (Å²) in [7, 11) is 1.86. The van der Waals surface area contributed by atoms with Crippen molar-refractivity contribution in [2.24, 2.45) is 7.05 Å². The molecule has 2 aromatic rings. The summed E-state index contributed by atoms with van der Waals surface area (Å²) in [6.45, 7) is 4.07. The fourth-order valence-corrected chi connectivity index (χ4v) is 3.18. The van der Waals surface area contributed by atoms with Crippen molar-refractivity contribution in [1.29, 1.82) is 0 Å². The van der Waals surface area contributed by atoms with Crippen LogP contribution in [-0.2, 0) is 7.05 Å². The predicted molar refractivity (Wildman–Crippen MR) is 78.1 cm³/mol. The number of thiophene rings is 1. The predicted octanol–water partition coefficient (Wildman–Crippen LogP) is 3.65. The molecule has 0 saturated heterocycles. The molecule has 0 aliphatic rings. The zero-order chi connectivity index (χ0) is 13.3. The molecular formula is C13H15BrN2OS. The van der Waals surface area contributed by atoms with Gasteiger partial charge in [-0.2, -0.15) is 0 Å². The number of amides is 1.